The van der Waals surface area contributed by atoms with Crippen molar-refractivity contribution in [3.8, 4) is 11.5 Å². The Morgan fingerprint density at radius 3 is 3.00 bits per heavy atom. The summed E-state index contributed by atoms with van der Waals surface area (Å²) in [6.45, 7) is 2.66. The number of fused-ring (bicyclic) bond motifs is 1. The highest BCUT2D eigenvalue weighted by molar-refractivity contribution is 5.39. The van der Waals surface area contributed by atoms with Crippen LogP contribution in [0.15, 0.2) is 30.5 Å². The van der Waals surface area contributed by atoms with Crippen LogP contribution >= 0.6 is 0 Å². The van der Waals surface area contributed by atoms with E-state index in [4.69, 9.17) is 9.47 Å². The van der Waals surface area contributed by atoms with Crippen molar-refractivity contribution in [3.05, 3.63) is 41.7 Å². The fourth-order valence-corrected chi connectivity index (χ4v) is 2.65. The lowest BCUT2D eigenvalue weighted by atomic mass is 10.0. The van der Waals surface area contributed by atoms with Gasteiger partial charge in [0.2, 0.25) is 0 Å². The van der Waals surface area contributed by atoms with Crippen LogP contribution in [0.1, 0.15) is 24.3 Å². The topological polar surface area (TPSA) is 56.5 Å². The Morgan fingerprint density at radius 2 is 2.30 bits per heavy atom. The minimum absolute atomic E-state index is 0.303. The Labute approximate surface area is 117 Å². The van der Waals surface area contributed by atoms with Crippen LogP contribution in [-0.4, -0.2) is 28.1 Å². The zero-order chi connectivity index (χ0) is 14.1. The minimum atomic E-state index is -0.764. The molecule has 0 saturated heterocycles. The molecule has 1 aromatic heterocycles. The Kier molecular flexibility index (Phi) is 3.36. The molecular weight excluding hydrogens is 256 g/mol. The number of rotatable bonds is 4. The summed E-state index contributed by atoms with van der Waals surface area (Å²) >= 11 is 0. The number of hydrogen-bond acceptors (Lipinski definition) is 4. The van der Waals surface area contributed by atoms with Crippen LogP contribution in [0.5, 0.6) is 11.5 Å². The van der Waals surface area contributed by atoms with E-state index in [2.05, 4.69) is 5.10 Å². The Morgan fingerprint density at radius 1 is 1.50 bits per heavy atom. The van der Waals surface area contributed by atoms with Gasteiger partial charge in [0.05, 0.1) is 13.3 Å². The van der Waals surface area contributed by atoms with Crippen LogP contribution in [-0.2, 0) is 13.0 Å². The predicted octanol–water partition coefficient (Wildman–Crippen LogP) is 1.95. The van der Waals surface area contributed by atoms with E-state index < -0.39 is 6.10 Å². The number of aryl methyl sites for hydroxylation is 1. The zero-order valence-corrected chi connectivity index (χ0v) is 11.6. The van der Waals surface area contributed by atoms with E-state index in [1.165, 1.54) is 0 Å². The van der Waals surface area contributed by atoms with Crippen LogP contribution in [0.4, 0.5) is 0 Å². The van der Waals surface area contributed by atoms with Crippen molar-refractivity contribution in [3.63, 3.8) is 0 Å². The second kappa shape index (κ2) is 5.17. The van der Waals surface area contributed by atoms with Crippen molar-refractivity contribution >= 4 is 0 Å². The van der Waals surface area contributed by atoms with Gasteiger partial charge < -0.3 is 14.6 Å². The van der Waals surface area contributed by atoms with E-state index >= 15 is 0 Å². The highest BCUT2D eigenvalue weighted by Crippen LogP contribution is 2.36. The average molecular weight is 274 g/mol. The van der Waals surface area contributed by atoms with Crippen molar-refractivity contribution in [2.75, 3.05) is 7.11 Å². The van der Waals surface area contributed by atoms with Crippen molar-refractivity contribution < 1.29 is 14.6 Å². The third-order valence-electron chi connectivity index (χ3n) is 3.67. The van der Waals surface area contributed by atoms with E-state index in [0.29, 0.717) is 24.4 Å². The molecule has 2 heterocycles. The third-order valence-corrected chi connectivity index (χ3v) is 3.67. The van der Waals surface area contributed by atoms with Gasteiger partial charge in [-0.05, 0) is 18.6 Å². The summed E-state index contributed by atoms with van der Waals surface area (Å²) in [5.74, 6) is 1.44. The van der Waals surface area contributed by atoms with Gasteiger partial charge in [-0.3, -0.25) is 4.68 Å². The summed E-state index contributed by atoms with van der Waals surface area (Å²) in [7, 11) is 1.58. The largest absolute Gasteiger partial charge is 0.493 e. The maximum Gasteiger partial charge on any atom is 0.162 e. The summed E-state index contributed by atoms with van der Waals surface area (Å²) in [4.78, 5) is 0. The summed E-state index contributed by atoms with van der Waals surface area (Å²) in [5.41, 5.74) is 1.80. The first-order chi connectivity index (χ1) is 9.74. The molecule has 0 radical (unpaired) electrons. The van der Waals surface area contributed by atoms with Crippen molar-refractivity contribution in [1.82, 2.24) is 9.78 Å². The van der Waals surface area contributed by atoms with Crippen molar-refractivity contribution in [2.24, 2.45) is 0 Å². The SMILES string of the molecule is CCn1ncc(OC)c1C(O)C1Cc2ccccc2O1. The summed E-state index contributed by atoms with van der Waals surface area (Å²) in [6.07, 6.45) is 1.25. The third kappa shape index (κ3) is 2.04. The highest BCUT2D eigenvalue weighted by atomic mass is 16.5. The fraction of sp³-hybridized carbons (Fsp3) is 0.400. The van der Waals surface area contributed by atoms with Gasteiger partial charge in [0, 0.05) is 13.0 Å². The molecule has 5 nitrogen and oxygen atoms in total. The smallest absolute Gasteiger partial charge is 0.162 e. The number of benzene rings is 1. The Balaban J connectivity index is 1.88. The summed E-state index contributed by atoms with van der Waals surface area (Å²) < 4.78 is 12.9. The van der Waals surface area contributed by atoms with Crippen molar-refractivity contribution in [2.45, 2.75) is 32.1 Å². The van der Waals surface area contributed by atoms with Crippen LogP contribution in [0.2, 0.25) is 0 Å². The van der Waals surface area contributed by atoms with Gasteiger partial charge in [0.1, 0.15) is 23.7 Å². The molecule has 0 bridgehead atoms. The molecule has 0 fully saturated rings. The molecule has 20 heavy (non-hydrogen) atoms. The molecule has 0 amide bonds. The average Bonchev–Trinajstić information content (AvgIpc) is 3.09. The molecule has 2 unspecified atom stereocenters. The number of aliphatic hydroxyl groups excluding tert-OH is 1. The number of para-hydroxylation sites is 1. The molecule has 1 aliphatic rings. The first kappa shape index (κ1) is 13.0. The standard InChI is InChI=1S/C15H18N2O3/c1-3-17-14(13(19-2)9-16-17)15(18)12-8-10-6-4-5-7-11(10)20-12/h4-7,9,12,15,18H,3,8H2,1-2H3. The molecule has 3 rings (SSSR count). The molecule has 0 spiro atoms. The van der Waals surface area contributed by atoms with Gasteiger partial charge in [0.25, 0.3) is 0 Å². The first-order valence-corrected chi connectivity index (χ1v) is 6.77. The molecule has 2 aromatic rings. The zero-order valence-electron chi connectivity index (χ0n) is 11.6. The molecule has 106 valence electrons. The van der Waals surface area contributed by atoms with Crippen molar-refractivity contribution in [1.29, 1.82) is 0 Å². The molecule has 1 aromatic carbocycles. The second-order valence-electron chi connectivity index (χ2n) is 4.83. The van der Waals surface area contributed by atoms with Gasteiger partial charge in [-0.25, -0.2) is 0 Å². The molecule has 5 heteroatoms. The van der Waals surface area contributed by atoms with E-state index in [-0.39, 0.29) is 6.10 Å². The lowest BCUT2D eigenvalue weighted by Crippen LogP contribution is -2.25. The van der Waals surface area contributed by atoms with Gasteiger partial charge >= 0.3 is 0 Å². The maximum absolute atomic E-state index is 10.6. The Hall–Kier alpha value is -2.01. The number of ether oxygens (including phenoxy) is 2. The normalized spacial score (nSPS) is 18.4. The predicted molar refractivity (Wildman–Crippen MR) is 74.0 cm³/mol. The number of methoxy groups -OCH3 is 1. The van der Waals surface area contributed by atoms with Crippen LogP contribution < -0.4 is 9.47 Å². The monoisotopic (exact) mass is 274 g/mol. The van der Waals surface area contributed by atoms with E-state index in [1.807, 2.05) is 31.2 Å². The molecule has 2 atom stereocenters. The maximum atomic E-state index is 10.6. The number of aliphatic hydroxyl groups is 1. The number of aromatic nitrogens is 2. The highest BCUT2D eigenvalue weighted by Gasteiger charge is 2.33. The van der Waals surface area contributed by atoms with E-state index in [9.17, 15) is 5.11 Å². The van der Waals surface area contributed by atoms with Gasteiger partial charge in [-0.2, -0.15) is 5.10 Å². The number of nitrogens with zero attached hydrogens (tertiary/aromatic N) is 2. The molecule has 1 aliphatic heterocycles. The molecule has 0 aliphatic carbocycles. The quantitative estimate of drug-likeness (QED) is 0.926. The van der Waals surface area contributed by atoms with E-state index in [1.54, 1.807) is 18.0 Å². The molecular formula is C15H18N2O3. The van der Waals surface area contributed by atoms with Crippen LogP contribution in [0, 0.1) is 0 Å². The lowest BCUT2D eigenvalue weighted by molar-refractivity contribution is 0.0412. The fourth-order valence-electron chi connectivity index (χ4n) is 2.65. The van der Waals surface area contributed by atoms with Crippen LogP contribution in [0.3, 0.4) is 0 Å². The Bertz CT molecular complexity index is 562. The first-order valence-electron chi connectivity index (χ1n) is 6.77. The van der Waals surface area contributed by atoms with Crippen LogP contribution in [0.25, 0.3) is 0 Å². The summed E-state index contributed by atoms with van der Waals surface area (Å²) in [5, 5.41) is 14.9. The van der Waals surface area contributed by atoms with Gasteiger partial charge in [-0.1, -0.05) is 18.2 Å². The van der Waals surface area contributed by atoms with Gasteiger partial charge in [-0.15, -0.1) is 0 Å². The minimum Gasteiger partial charge on any atom is -0.493 e. The van der Waals surface area contributed by atoms with E-state index in [0.717, 1.165) is 11.3 Å². The molecule has 0 saturated carbocycles. The molecule has 1 N–H and O–H groups in total. The lowest BCUT2D eigenvalue weighted by Gasteiger charge is -2.20. The number of hydrogen-bond donors (Lipinski definition) is 1. The second-order valence-corrected chi connectivity index (χ2v) is 4.83. The summed E-state index contributed by atoms with van der Waals surface area (Å²) in [6, 6.07) is 7.87. The van der Waals surface area contributed by atoms with Gasteiger partial charge in [0.15, 0.2) is 5.75 Å².